The Hall–Kier alpha value is -1.66. The number of aliphatic hydroxyl groups excluding tert-OH is 2. The van der Waals surface area contributed by atoms with Crippen molar-refractivity contribution >= 4 is 11.9 Å². The molecule has 0 saturated carbocycles. The van der Waals surface area contributed by atoms with E-state index in [2.05, 4.69) is 43.5 Å². The molecule has 0 aliphatic rings. The van der Waals surface area contributed by atoms with E-state index < -0.39 is 12.1 Å². The summed E-state index contributed by atoms with van der Waals surface area (Å²) in [6.45, 7) is 4.95. The third-order valence-corrected chi connectivity index (χ3v) is 17.0. The summed E-state index contributed by atoms with van der Waals surface area (Å²) in [6.07, 6.45) is 86.6. The molecular weight excluding hydrogens is 971 g/mol. The Kier molecular flexibility index (Phi) is 67.4. The number of amides is 1. The van der Waals surface area contributed by atoms with Gasteiger partial charge in [0.1, 0.15) is 0 Å². The zero-order valence-corrected chi connectivity index (χ0v) is 53.6. The summed E-state index contributed by atoms with van der Waals surface area (Å²) < 4.78 is 5.48. The minimum atomic E-state index is -0.664. The largest absolute Gasteiger partial charge is 0.466 e. The van der Waals surface area contributed by atoms with Crippen molar-refractivity contribution in [3.63, 3.8) is 0 Å². The summed E-state index contributed by atoms with van der Waals surface area (Å²) in [7, 11) is 0. The van der Waals surface area contributed by atoms with Gasteiger partial charge in [0.25, 0.3) is 0 Å². The number of esters is 1. The van der Waals surface area contributed by atoms with Crippen molar-refractivity contribution in [3.8, 4) is 0 Å². The topological polar surface area (TPSA) is 95.9 Å². The minimum absolute atomic E-state index is 0.00266. The highest BCUT2D eigenvalue weighted by atomic mass is 16.5. The molecule has 0 fully saturated rings. The van der Waals surface area contributed by atoms with Crippen molar-refractivity contribution in [1.82, 2.24) is 5.32 Å². The maximum absolute atomic E-state index is 12.6. The Labute approximate surface area is 494 Å². The molecule has 0 aromatic heterocycles. The van der Waals surface area contributed by atoms with Gasteiger partial charge in [0.15, 0.2) is 0 Å². The SMILES string of the molecule is CCCC/C=C\C/C=C\CCCCCCCC(=O)OCCCCCCCCCCCCCCCCCCCCCCCCCCCC(=O)NC(CO)C(O)CCCCCCCCCCCCCCCCCCCCCCCCC. The lowest BCUT2D eigenvalue weighted by Crippen LogP contribution is -2.45. The van der Waals surface area contributed by atoms with Crippen LogP contribution in [-0.2, 0) is 14.3 Å². The molecule has 0 spiro atoms. The number of ether oxygens (including phenoxy) is 1. The van der Waals surface area contributed by atoms with Gasteiger partial charge in [-0.2, -0.15) is 0 Å². The molecular formula is C73H141NO5. The average molecular weight is 1110 g/mol. The summed E-state index contributed by atoms with van der Waals surface area (Å²) in [5.74, 6) is -0.0258. The van der Waals surface area contributed by atoms with E-state index in [0.29, 0.717) is 25.9 Å². The second kappa shape index (κ2) is 68.8. The predicted octanol–water partition coefficient (Wildman–Crippen LogP) is 23.3. The fourth-order valence-corrected chi connectivity index (χ4v) is 11.5. The van der Waals surface area contributed by atoms with Crippen molar-refractivity contribution in [2.45, 2.75) is 418 Å². The van der Waals surface area contributed by atoms with Crippen LogP contribution in [0.2, 0.25) is 0 Å². The van der Waals surface area contributed by atoms with E-state index in [-0.39, 0.29) is 18.5 Å². The molecule has 0 saturated heterocycles. The number of carbonyl (C=O) groups is 2. The van der Waals surface area contributed by atoms with E-state index in [1.54, 1.807) is 0 Å². The van der Waals surface area contributed by atoms with E-state index in [0.717, 1.165) is 51.4 Å². The third kappa shape index (κ3) is 65.4. The molecule has 0 aromatic carbocycles. The summed E-state index contributed by atoms with van der Waals surface area (Å²) >= 11 is 0. The third-order valence-electron chi connectivity index (χ3n) is 17.0. The summed E-state index contributed by atoms with van der Waals surface area (Å²) in [6, 6.07) is -0.541. The van der Waals surface area contributed by atoms with Gasteiger partial charge in [-0.05, 0) is 51.4 Å². The Bertz CT molecular complexity index is 1230. The number of nitrogens with one attached hydrogen (secondary N) is 1. The Balaban J connectivity index is 3.37. The molecule has 2 atom stereocenters. The van der Waals surface area contributed by atoms with Crippen LogP contribution in [0.3, 0.4) is 0 Å². The zero-order chi connectivity index (χ0) is 57.1. The Morgan fingerprint density at radius 3 is 1.00 bits per heavy atom. The van der Waals surface area contributed by atoms with E-state index in [1.807, 2.05) is 0 Å². The first-order valence-corrected chi connectivity index (χ1v) is 36.1. The monoisotopic (exact) mass is 1110 g/mol. The fraction of sp³-hybridized carbons (Fsp3) is 0.918. The van der Waals surface area contributed by atoms with Crippen LogP contribution in [0.15, 0.2) is 24.3 Å². The van der Waals surface area contributed by atoms with Crippen LogP contribution >= 0.6 is 0 Å². The molecule has 468 valence electrons. The second-order valence-corrected chi connectivity index (χ2v) is 24.9. The average Bonchev–Trinajstić information content (AvgIpc) is 3.45. The molecule has 0 aliphatic heterocycles. The smallest absolute Gasteiger partial charge is 0.305 e. The summed E-state index contributed by atoms with van der Waals surface area (Å²) in [5.41, 5.74) is 0. The van der Waals surface area contributed by atoms with Gasteiger partial charge in [-0.3, -0.25) is 9.59 Å². The number of hydrogen-bond donors (Lipinski definition) is 3. The van der Waals surface area contributed by atoms with Crippen LogP contribution in [0.5, 0.6) is 0 Å². The first kappa shape index (κ1) is 77.3. The van der Waals surface area contributed by atoms with E-state index in [4.69, 9.17) is 4.74 Å². The molecule has 1 amide bonds. The number of unbranched alkanes of at least 4 members (excludes halogenated alkanes) is 53. The highest BCUT2D eigenvalue weighted by Crippen LogP contribution is 2.19. The van der Waals surface area contributed by atoms with E-state index >= 15 is 0 Å². The Morgan fingerprint density at radius 2 is 0.646 bits per heavy atom. The van der Waals surface area contributed by atoms with Crippen molar-refractivity contribution in [2.24, 2.45) is 0 Å². The van der Waals surface area contributed by atoms with Gasteiger partial charge >= 0.3 is 5.97 Å². The van der Waals surface area contributed by atoms with Gasteiger partial charge in [-0.25, -0.2) is 0 Å². The lowest BCUT2D eigenvalue weighted by Gasteiger charge is -2.22. The molecule has 0 aromatic rings. The van der Waals surface area contributed by atoms with Gasteiger partial charge in [-0.15, -0.1) is 0 Å². The van der Waals surface area contributed by atoms with Gasteiger partial charge in [-0.1, -0.05) is 366 Å². The molecule has 6 nitrogen and oxygen atoms in total. The number of hydrogen-bond acceptors (Lipinski definition) is 5. The van der Waals surface area contributed by atoms with Crippen LogP contribution < -0.4 is 5.32 Å². The molecule has 0 heterocycles. The second-order valence-electron chi connectivity index (χ2n) is 24.9. The van der Waals surface area contributed by atoms with Crippen LogP contribution in [-0.4, -0.2) is 47.4 Å². The normalized spacial score (nSPS) is 12.6. The predicted molar refractivity (Wildman–Crippen MR) is 347 cm³/mol. The first-order valence-electron chi connectivity index (χ1n) is 36.1. The molecule has 0 radical (unpaired) electrons. The van der Waals surface area contributed by atoms with Crippen LogP contribution in [0.25, 0.3) is 0 Å². The molecule has 0 bridgehead atoms. The van der Waals surface area contributed by atoms with Gasteiger partial charge in [0.2, 0.25) is 5.91 Å². The lowest BCUT2D eigenvalue weighted by atomic mass is 10.0. The molecule has 3 N–H and O–H groups in total. The van der Waals surface area contributed by atoms with Crippen molar-refractivity contribution < 1.29 is 24.5 Å². The highest BCUT2D eigenvalue weighted by Gasteiger charge is 2.20. The van der Waals surface area contributed by atoms with Crippen molar-refractivity contribution in [1.29, 1.82) is 0 Å². The summed E-state index contributed by atoms with van der Waals surface area (Å²) in [5, 5.41) is 23.4. The number of carbonyl (C=O) groups excluding carboxylic acids is 2. The maximum Gasteiger partial charge on any atom is 0.305 e. The number of rotatable bonds is 68. The minimum Gasteiger partial charge on any atom is -0.466 e. The van der Waals surface area contributed by atoms with Crippen molar-refractivity contribution in [3.05, 3.63) is 24.3 Å². The molecule has 2 unspecified atom stereocenters. The van der Waals surface area contributed by atoms with E-state index in [1.165, 1.54) is 321 Å². The standard InChI is InChI=1S/C73H141NO5/c1-3-5-7-9-11-13-15-17-19-20-21-22-26-29-32-35-38-41-45-49-53-57-61-65-71(76)70(69-75)74-72(77)66-62-58-54-50-46-42-39-36-33-30-27-24-23-25-28-31-34-37-40-44-48-52-56-60-64-68-79-73(78)67-63-59-55-51-47-43-18-16-14-12-10-8-6-4-2/h10,12,16,18,70-71,75-76H,3-9,11,13-15,17,19-69H2,1-2H3,(H,74,77)/b12-10-,18-16-. The molecule has 6 heteroatoms. The zero-order valence-electron chi connectivity index (χ0n) is 53.6. The first-order chi connectivity index (χ1) is 39.0. The lowest BCUT2D eigenvalue weighted by molar-refractivity contribution is -0.143. The fourth-order valence-electron chi connectivity index (χ4n) is 11.5. The van der Waals surface area contributed by atoms with Crippen LogP contribution in [0.1, 0.15) is 406 Å². The van der Waals surface area contributed by atoms with Crippen LogP contribution in [0, 0.1) is 0 Å². The maximum atomic E-state index is 12.6. The van der Waals surface area contributed by atoms with Gasteiger partial charge < -0.3 is 20.3 Å². The highest BCUT2D eigenvalue weighted by molar-refractivity contribution is 5.76. The number of aliphatic hydroxyl groups is 2. The molecule has 0 rings (SSSR count). The van der Waals surface area contributed by atoms with Crippen molar-refractivity contribution in [2.75, 3.05) is 13.2 Å². The summed E-state index contributed by atoms with van der Waals surface area (Å²) in [4.78, 5) is 24.6. The Morgan fingerprint density at radius 1 is 0.354 bits per heavy atom. The van der Waals surface area contributed by atoms with Gasteiger partial charge in [0.05, 0.1) is 25.4 Å². The van der Waals surface area contributed by atoms with E-state index in [9.17, 15) is 19.8 Å². The number of allylic oxidation sites excluding steroid dienone is 4. The van der Waals surface area contributed by atoms with Crippen LogP contribution in [0.4, 0.5) is 0 Å². The molecule has 79 heavy (non-hydrogen) atoms. The quantitative estimate of drug-likeness (QED) is 0.0320. The molecule has 0 aliphatic carbocycles. The van der Waals surface area contributed by atoms with Gasteiger partial charge in [0, 0.05) is 12.8 Å².